The lowest BCUT2D eigenvalue weighted by Gasteiger charge is -2.28. The highest BCUT2D eigenvalue weighted by molar-refractivity contribution is 14.1. The Kier molecular flexibility index (Phi) is 5.41. The molecule has 7 heteroatoms. The van der Waals surface area contributed by atoms with Gasteiger partial charge in [0.15, 0.2) is 5.11 Å². The highest BCUT2D eigenvalue weighted by Gasteiger charge is 2.41. The number of halogens is 1. The summed E-state index contributed by atoms with van der Waals surface area (Å²) in [4.78, 5) is 10.2. The fourth-order valence-electron chi connectivity index (χ4n) is 3.32. The summed E-state index contributed by atoms with van der Waals surface area (Å²) < 4.78 is 1.23. The van der Waals surface area contributed by atoms with Gasteiger partial charge in [0.1, 0.15) is 0 Å². The number of hydrogen-bond acceptors (Lipinski definition) is 3. The van der Waals surface area contributed by atoms with E-state index in [-0.39, 0.29) is 18.7 Å². The van der Waals surface area contributed by atoms with E-state index in [1.54, 1.807) is 0 Å². The van der Waals surface area contributed by atoms with Crippen molar-refractivity contribution in [1.29, 1.82) is 0 Å². The van der Waals surface area contributed by atoms with Crippen LogP contribution in [0.1, 0.15) is 41.1 Å². The minimum Gasteiger partial charge on any atom is -0.396 e. The van der Waals surface area contributed by atoms with E-state index in [0.717, 1.165) is 23.0 Å². The van der Waals surface area contributed by atoms with Crippen LogP contribution in [0, 0.1) is 17.4 Å². The molecule has 1 aliphatic rings. The Morgan fingerprint density at radius 1 is 1.33 bits per heavy atom. The van der Waals surface area contributed by atoms with E-state index in [1.165, 1.54) is 14.8 Å². The molecule has 5 nitrogen and oxygen atoms in total. The maximum absolute atomic E-state index is 9.26. The molecule has 3 N–H and O–H groups in total. The SMILES string of the molecule is Cc1[nH]c(C)c([C@H]2[C@@H](c3ccccn3)NC(=S)N2CCCO)c1I. The van der Waals surface area contributed by atoms with E-state index in [9.17, 15) is 5.11 Å². The molecule has 24 heavy (non-hydrogen) atoms. The second-order valence-corrected chi connectivity index (χ2v) is 7.47. The number of aliphatic hydroxyl groups excluding tert-OH is 1. The van der Waals surface area contributed by atoms with Crippen molar-refractivity contribution in [2.24, 2.45) is 0 Å². The van der Waals surface area contributed by atoms with E-state index in [1.807, 2.05) is 24.4 Å². The minimum atomic E-state index is -0.000177. The summed E-state index contributed by atoms with van der Waals surface area (Å²) in [5.74, 6) is 0. The molecule has 0 saturated carbocycles. The number of aromatic amines is 1. The molecule has 0 radical (unpaired) electrons. The molecular formula is C17H21IN4OS. The molecular weight excluding hydrogens is 435 g/mol. The van der Waals surface area contributed by atoms with Gasteiger partial charge in [-0.05, 0) is 67.2 Å². The summed E-state index contributed by atoms with van der Waals surface area (Å²) in [5.41, 5.74) is 4.56. The van der Waals surface area contributed by atoms with Gasteiger partial charge in [-0.2, -0.15) is 0 Å². The van der Waals surface area contributed by atoms with Crippen molar-refractivity contribution in [3.8, 4) is 0 Å². The average Bonchev–Trinajstić information content (AvgIpc) is 3.02. The van der Waals surface area contributed by atoms with Gasteiger partial charge in [-0.3, -0.25) is 4.98 Å². The van der Waals surface area contributed by atoms with E-state index < -0.39 is 0 Å². The zero-order chi connectivity index (χ0) is 17.3. The van der Waals surface area contributed by atoms with Crippen LogP contribution in [0.5, 0.6) is 0 Å². The second kappa shape index (κ2) is 7.37. The predicted octanol–water partition coefficient (Wildman–Crippen LogP) is 2.99. The maximum Gasteiger partial charge on any atom is 0.170 e. The number of aryl methyl sites for hydroxylation is 2. The normalized spacial score (nSPS) is 20.5. The first-order valence-electron chi connectivity index (χ1n) is 7.98. The van der Waals surface area contributed by atoms with Crippen LogP contribution in [0.2, 0.25) is 0 Å². The smallest absolute Gasteiger partial charge is 0.170 e. The Morgan fingerprint density at radius 3 is 2.71 bits per heavy atom. The van der Waals surface area contributed by atoms with Crippen molar-refractivity contribution in [3.63, 3.8) is 0 Å². The summed E-state index contributed by atoms with van der Waals surface area (Å²) in [7, 11) is 0. The molecule has 0 amide bonds. The Hall–Kier alpha value is -1.19. The zero-order valence-corrected chi connectivity index (χ0v) is 16.7. The van der Waals surface area contributed by atoms with E-state index in [0.29, 0.717) is 6.42 Å². The van der Waals surface area contributed by atoms with Gasteiger partial charge in [0.25, 0.3) is 0 Å². The lowest BCUT2D eigenvalue weighted by molar-refractivity contribution is 0.247. The van der Waals surface area contributed by atoms with Gasteiger partial charge in [0, 0.05) is 39.9 Å². The molecule has 0 unspecified atom stereocenters. The first kappa shape index (κ1) is 17.6. The van der Waals surface area contributed by atoms with Crippen molar-refractivity contribution >= 4 is 39.9 Å². The largest absolute Gasteiger partial charge is 0.396 e. The topological polar surface area (TPSA) is 64.2 Å². The number of pyridine rings is 1. The van der Waals surface area contributed by atoms with Crippen LogP contribution in [0.3, 0.4) is 0 Å². The van der Waals surface area contributed by atoms with Gasteiger partial charge in [0.05, 0.1) is 17.8 Å². The van der Waals surface area contributed by atoms with Gasteiger partial charge in [-0.25, -0.2) is 0 Å². The third-order valence-electron chi connectivity index (χ3n) is 4.40. The van der Waals surface area contributed by atoms with E-state index in [2.05, 4.69) is 56.6 Å². The van der Waals surface area contributed by atoms with Crippen LogP contribution < -0.4 is 5.32 Å². The summed E-state index contributed by atoms with van der Waals surface area (Å²) in [5, 5.41) is 13.4. The van der Waals surface area contributed by atoms with Crippen molar-refractivity contribution in [2.45, 2.75) is 32.4 Å². The second-order valence-electron chi connectivity index (χ2n) is 6.00. The molecule has 0 aromatic carbocycles. The fraction of sp³-hybridized carbons (Fsp3) is 0.412. The monoisotopic (exact) mass is 456 g/mol. The minimum absolute atomic E-state index is 0.000177. The van der Waals surface area contributed by atoms with Crippen molar-refractivity contribution in [2.75, 3.05) is 13.2 Å². The summed E-state index contributed by atoms with van der Waals surface area (Å²) in [6.07, 6.45) is 2.50. The number of H-pyrrole nitrogens is 1. The molecule has 0 spiro atoms. The van der Waals surface area contributed by atoms with Crippen molar-refractivity contribution < 1.29 is 5.11 Å². The number of aromatic nitrogens is 2. The Labute approximate surface area is 161 Å². The Morgan fingerprint density at radius 2 is 2.12 bits per heavy atom. The first-order valence-corrected chi connectivity index (χ1v) is 9.46. The molecule has 1 saturated heterocycles. The Balaban J connectivity index is 2.07. The van der Waals surface area contributed by atoms with Crippen LogP contribution >= 0.6 is 34.8 Å². The number of thiocarbonyl (C=S) groups is 1. The number of rotatable bonds is 5. The molecule has 1 fully saturated rings. The quantitative estimate of drug-likeness (QED) is 0.477. The number of hydrogen-bond donors (Lipinski definition) is 3. The predicted molar refractivity (Wildman–Crippen MR) is 107 cm³/mol. The van der Waals surface area contributed by atoms with Crippen LogP contribution in [-0.4, -0.2) is 38.2 Å². The van der Waals surface area contributed by atoms with Gasteiger partial charge >= 0.3 is 0 Å². The van der Waals surface area contributed by atoms with Gasteiger partial charge in [-0.1, -0.05) is 6.07 Å². The molecule has 3 rings (SSSR count). The van der Waals surface area contributed by atoms with Crippen molar-refractivity contribution in [1.82, 2.24) is 20.2 Å². The average molecular weight is 456 g/mol. The standard InChI is InChI=1S/C17H21IN4OS/c1-10-13(14(18)11(2)20-10)16-15(12-6-3-4-7-19-12)21-17(24)22(16)8-5-9-23/h3-4,6-7,15-16,20,23H,5,8-9H2,1-2H3,(H,21,24)/t15-,16+/m1/s1. The molecule has 1 aliphatic heterocycles. The molecule has 2 aromatic heterocycles. The molecule has 2 aromatic rings. The molecule has 0 aliphatic carbocycles. The first-order chi connectivity index (χ1) is 11.5. The Bertz CT molecular complexity index is 734. The maximum atomic E-state index is 9.26. The third kappa shape index (κ3) is 3.16. The molecule has 0 bridgehead atoms. The van der Waals surface area contributed by atoms with Gasteiger partial charge < -0.3 is 20.3 Å². The van der Waals surface area contributed by atoms with Gasteiger partial charge in [0.2, 0.25) is 0 Å². The molecule has 3 heterocycles. The number of nitrogens with one attached hydrogen (secondary N) is 2. The summed E-state index contributed by atoms with van der Waals surface area (Å²) in [6, 6.07) is 6.02. The molecule has 2 atom stereocenters. The highest BCUT2D eigenvalue weighted by Crippen LogP contribution is 2.42. The van der Waals surface area contributed by atoms with E-state index >= 15 is 0 Å². The fourth-order valence-corrected chi connectivity index (χ4v) is 4.51. The van der Waals surface area contributed by atoms with Crippen molar-refractivity contribution in [3.05, 3.63) is 50.6 Å². The van der Waals surface area contributed by atoms with Crippen LogP contribution in [0.15, 0.2) is 24.4 Å². The summed E-state index contributed by atoms with van der Waals surface area (Å²) >= 11 is 7.99. The number of nitrogens with zero attached hydrogens (tertiary/aromatic N) is 2. The van der Waals surface area contributed by atoms with E-state index in [4.69, 9.17) is 12.2 Å². The lowest BCUT2D eigenvalue weighted by Crippen LogP contribution is -2.31. The van der Waals surface area contributed by atoms with Crippen LogP contribution in [0.25, 0.3) is 0 Å². The summed E-state index contributed by atoms with van der Waals surface area (Å²) in [6.45, 7) is 5.07. The third-order valence-corrected chi connectivity index (χ3v) is 6.14. The highest BCUT2D eigenvalue weighted by atomic mass is 127. The lowest BCUT2D eigenvalue weighted by atomic mass is 9.96. The van der Waals surface area contributed by atoms with Crippen LogP contribution in [0.4, 0.5) is 0 Å². The number of aliphatic hydroxyl groups is 1. The zero-order valence-electron chi connectivity index (χ0n) is 13.7. The van der Waals surface area contributed by atoms with Gasteiger partial charge in [-0.15, -0.1) is 0 Å². The van der Waals surface area contributed by atoms with Crippen LogP contribution in [-0.2, 0) is 0 Å². The molecule has 128 valence electrons.